The number of benzene rings is 1. The Morgan fingerprint density at radius 1 is 1.10 bits per heavy atom. The molecule has 1 aromatic carbocycles. The normalized spacial score (nSPS) is 14.4. The quantitative estimate of drug-likeness (QED) is 0.386. The molecule has 6 nitrogen and oxygen atoms in total. The topological polar surface area (TPSA) is 56.1 Å². The summed E-state index contributed by atoms with van der Waals surface area (Å²) in [6, 6.07) is 10.5. The number of ether oxygens (including phenoxy) is 1. The molecule has 0 amide bonds. The number of thiazole rings is 1. The predicted octanol–water partition coefficient (Wildman–Crippen LogP) is 4.89. The summed E-state index contributed by atoms with van der Waals surface area (Å²) in [5.41, 5.74) is 4.57. The van der Waals surface area contributed by atoms with Gasteiger partial charge in [-0.15, -0.1) is 21.5 Å². The molecule has 4 heterocycles. The van der Waals surface area contributed by atoms with E-state index in [1.54, 1.807) is 34.4 Å². The van der Waals surface area contributed by atoms with Crippen molar-refractivity contribution in [1.29, 1.82) is 0 Å². The van der Waals surface area contributed by atoms with Crippen molar-refractivity contribution >= 4 is 40.4 Å². The first-order valence-electron chi connectivity index (χ1n) is 9.73. The van der Waals surface area contributed by atoms with Crippen LogP contribution in [0.5, 0.6) is 0 Å². The molecular formula is C21H21N5OS3. The van der Waals surface area contributed by atoms with Crippen LogP contribution >= 0.6 is 34.4 Å². The summed E-state index contributed by atoms with van der Waals surface area (Å²) in [5, 5.41) is 17.4. The first-order chi connectivity index (χ1) is 14.8. The summed E-state index contributed by atoms with van der Waals surface area (Å²) < 4.78 is 7.70. The number of aromatic nitrogens is 4. The van der Waals surface area contributed by atoms with Crippen LogP contribution in [0.25, 0.3) is 16.3 Å². The van der Waals surface area contributed by atoms with Crippen LogP contribution in [0.1, 0.15) is 11.3 Å². The number of morpholine rings is 1. The molecule has 30 heavy (non-hydrogen) atoms. The minimum atomic E-state index is 0.716. The van der Waals surface area contributed by atoms with Gasteiger partial charge in [0.1, 0.15) is 5.01 Å². The molecule has 1 aliphatic rings. The Kier molecular flexibility index (Phi) is 5.85. The zero-order chi connectivity index (χ0) is 20.3. The minimum Gasteiger partial charge on any atom is -0.378 e. The third kappa shape index (κ3) is 4.02. The zero-order valence-electron chi connectivity index (χ0n) is 16.5. The summed E-state index contributed by atoms with van der Waals surface area (Å²) in [7, 11) is 0. The maximum atomic E-state index is 5.52. The summed E-state index contributed by atoms with van der Waals surface area (Å²) >= 11 is 5.07. The lowest BCUT2D eigenvalue weighted by molar-refractivity contribution is 0.122. The molecule has 1 fully saturated rings. The van der Waals surface area contributed by atoms with E-state index in [1.807, 2.05) is 0 Å². The van der Waals surface area contributed by atoms with Gasteiger partial charge in [0.05, 0.1) is 24.6 Å². The van der Waals surface area contributed by atoms with E-state index in [0.717, 1.165) is 46.3 Å². The van der Waals surface area contributed by atoms with Crippen LogP contribution in [0.4, 0.5) is 5.95 Å². The van der Waals surface area contributed by atoms with Crippen molar-refractivity contribution < 1.29 is 4.74 Å². The molecule has 0 saturated carbocycles. The number of anilines is 1. The smallest absolute Gasteiger partial charge is 0.232 e. The Bertz CT molecular complexity index is 1120. The van der Waals surface area contributed by atoms with Gasteiger partial charge in [0, 0.05) is 35.2 Å². The van der Waals surface area contributed by atoms with Crippen molar-refractivity contribution in [3.05, 3.63) is 57.7 Å². The average Bonchev–Trinajstić information content (AvgIpc) is 3.53. The van der Waals surface area contributed by atoms with Gasteiger partial charge in [-0.1, -0.05) is 30.0 Å². The monoisotopic (exact) mass is 455 g/mol. The molecule has 1 aliphatic heterocycles. The number of nitrogens with zero attached hydrogens (tertiary/aromatic N) is 5. The Morgan fingerprint density at radius 2 is 1.97 bits per heavy atom. The third-order valence-electron chi connectivity index (χ3n) is 4.94. The zero-order valence-corrected chi connectivity index (χ0v) is 19.0. The van der Waals surface area contributed by atoms with E-state index in [2.05, 4.69) is 73.1 Å². The van der Waals surface area contributed by atoms with Crippen molar-refractivity contribution in [3.63, 3.8) is 0 Å². The highest BCUT2D eigenvalue weighted by atomic mass is 32.2. The van der Waals surface area contributed by atoms with Gasteiger partial charge < -0.3 is 9.64 Å². The van der Waals surface area contributed by atoms with Crippen LogP contribution in [0.3, 0.4) is 0 Å². The Hall–Kier alpha value is -2.20. The number of para-hydroxylation sites is 1. The lowest BCUT2D eigenvalue weighted by atomic mass is 10.2. The molecule has 9 heteroatoms. The fourth-order valence-corrected chi connectivity index (χ4v) is 5.85. The number of thioether (sulfide) groups is 1. The summed E-state index contributed by atoms with van der Waals surface area (Å²) in [4.78, 5) is 7.06. The summed E-state index contributed by atoms with van der Waals surface area (Å²) in [6.07, 6.45) is 0. The Labute approximate surface area is 187 Å². The maximum absolute atomic E-state index is 5.52. The molecule has 5 rings (SSSR count). The van der Waals surface area contributed by atoms with Gasteiger partial charge in [0.25, 0.3) is 0 Å². The number of thiophene rings is 1. The van der Waals surface area contributed by atoms with E-state index in [1.165, 1.54) is 11.1 Å². The first-order valence-corrected chi connectivity index (χ1v) is 12.5. The van der Waals surface area contributed by atoms with Gasteiger partial charge in [-0.25, -0.2) is 4.98 Å². The van der Waals surface area contributed by atoms with Crippen molar-refractivity contribution in [1.82, 2.24) is 19.7 Å². The van der Waals surface area contributed by atoms with E-state index < -0.39 is 0 Å². The molecule has 4 aromatic rings. The van der Waals surface area contributed by atoms with Gasteiger partial charge in [-0.2, -0.15) is 11.3 Å². The second-order valence-electron chi connectivity index (χ2n) is 6.95. The van der Waals surface area contributed by atoms with Gasteiger partial charge in [0.15, 0.2) is 5.16 Å². The van der Waals surface area contributed by atoms with E-state index >= 15 is 0 Å². The maximum Gasteiger partial charge on any atom is 0.232 e. The summed E-state index contributed by atoms with van der Waals surface area (Å²) in [6.45, 7) is 5.20. The molecule has 1 saturated heterocycles. The molecule has 0 bridgehead atoms. The average molecular weight is 456 g/mol. The van der Waals surface area contributed by atoms with E-state index in [9.17, 15) is 0 Å². The van der Waals surface area contributed by atoms with Crippen LogP contribution in [0.2, 0.25) is 0 Å². The van der Waals surface area contributed by atoms with Crippen LogP contribution < -0.4 is 4.90 Å². The molecule has 0 unspecified atom stereocenters. The van der Waals surface area contributed by atoms with Crippen molar-refractivity contribution in [2.75, 3.05) is 31.2 Å². The molecule has 154 valence electrons. The van der Waals surface area contributed by atoms with Gasteiger partial charge in [-0.3, -0.25) is 4.57 Å². The number of hydrogen-bond donors (Lipinski definition) is 0. The Balaban J connectivity index is 1.43. The predicted molar refractivity (Wildman–Crippen MR) is 124 cm³/mol. The lowest BCUT2D eigenvalue weighted by Crippen LogP contribution is -2.38. The van der Waals surface area contributed by atoms with Crippen molar-refractivity contribution in [3.8, 4) is 16.3 Å². The fourth-order valence-electron chi connectivity index (χ4n) is 3.38. The van der Waals surface area contributed by atoms with Crippen LogP contribution in [-0.2, 0) is 10.5 Å². The molecule has 0 aliphatic carbocycles. The van der Waals surface area contributed by atoms with Crippen LogP contribution in [0.15, 0.2) is 51.6 Å². The number of aryl methyl sites for hydroxylation is 1. The number of rotatable bonds is 6. The standard InChI is InChI=1S/C21H21N5OS3/c1-15-4-2-3-5-18(15)26-20(25-7-9-27-10-8-25)23-24-21(26)30-14-17-13-29-19(22-17)16-6-11-28-12-16/h2-6,11-13H,7-10,14H2,1H3. The van der Waals surface area contributed by atoms with Crippen molar-refractivity contribution in [2.24, 2.45) is 0 Å². The highest BCUT2D eigenvalue weighted by Gasteiger charge is 2.22. The fraction of sp³-hybridized carbons (Fsp3) is 0.286. The molecule has 3 aromatic heterocycles. The number of hydrogen-bond acceptors (Lipinski definition) is 8. The second-order valence-corrected chi connectivity index (χ2v) is 9.53. The SMILES string of the molecule is Cc1ccccc1-n1c(SCc2csc(-c3ccsc3)n2)nnc1N1CCOCC1. The highest BCUT2D eigenvalue weighted by Crippen LogP contribution is 2.32. The van der Waals surface area contributed by atoms with E-state index in [-0.39, 0.29) is 0 Å². The van der Waals surface area contributed by atoms with Crippen LogP contribution in [0, 0.1) is 6.92 Å². The lowest BCUT2D eigenvalue weighted by Gasteiger charge is -2.28. The Morgan fingerprint density at radius 3 is 2.77 bits per heavy atom. The third-order valence-corrected chi connectivity index (χ3v) is 7.52. The van der Waals surface area contributed by atoms with Crippen LogP contribution in [-0.4, -0.2) is 46.1 Å². The molecule has 0 radical (unpaired) electrons. The van der Waals surface area contributed by atoms with E-state index in [0.29, 0.717) is 13.2 Å². The second kappa shape index (κ2) is 8.89. The molecule has 0 atom stereocenters. The minimum absolute atomic E-state index is 0.716. The van der Waals surface area contributed by atoms with E-state index in [4.69, 9.17) is 9.72 Å². The first kappa shape index (κ1) is 19.7. The highest BCUT2D eigenvalue weighted by molar-refractivity contribution is 7.98. The van der Waals surface area contributed by atoms with Crippen molar-refractivity contribution in [2.45, 2.75) is 17.8 Å². The molecule has 0 spiro atoms. The van der Waals surface area contributed by atoms with Gasteiger partial charge in [-0.05, 0) is 30.0 Å². The molecule has 0 N–H and O–H groups in total. The van der Waals surface area contributed by atoms with Gasteiger partial charge in [0.2, 0.25) is 5.95 Å². The largest absolute Gasteiger partial charge is 0.378 e. The van der Waals surface area contributed by atoms with Gasteiger partial charge >= 0.3 is 0 Å². The molecular weight excluding hydrogens is 434 g/mol. The summed E-state index contributed by atoms with van der Waals surface area (Å²) in [5.74, 6) is 1.64.